The number of nitriles is 1. The molecular weight excluding hydrogens is 202 g/mol. The quantitative estimate of drug-likeness (QED) is 0.774. The van der Waals surface area contributed by atoms with Gasteiger partial charge in [-0.3, -0.25) is 4.98 Å². The summed E-state index contributed by atoms with van der Waals surface area (Å²) in [4.78, 5) is 3.91. The molecule has 0 aliphatic heterocycles. The van der Waals surface area contributed by atoms with E-state index in [1.54, 1.807) is 36.5 Å². The first kappa shape index (κ1) is 9.99. The van der Waals surface area contributed by atoms with Crippen molar-refractivity contribution in [3.63, 3.8) is 0 Å². The maximum absolute atomic E-state index is 8.86. The molecule has 0 aliphatic rings. The summed E-state index contributed by atoms with van der Waals surface area (Å²) in [5.41, 5.74) is 6.67. The van der Waals surface area contributed by atoms with Gasteiger partial charge in [0.25, 0.3) is 0 Å². The minimum Gasteiger partial charge on any atom is -0.454 e. The smallest absolute Gasteiger partial charge is 0.163 e. The van der Waals surface area contributed by atoms with Crippen molar-refractivity contribution in [1.82, 2.24) is 4.98 Å². The number of aromatic nitrogens is 1. The highest BCUT2D eigenvalue weighted by Crippen LogP contribution is 2.24. The van der Waals surface area contributed by atoms with Gasteiger partial charge in [0.05, 0.1) is 11.8 Å². The number of nitrogen functional groups attached to an aromatic ring is 1. The van der Waals surface area contributed by atoms with Gasteiger partial charge in [0.1, 0.15) is 11.8 Å². The second-order valence-electron chi connectivity index (χ2n) is 3.15. The minimum absolute atomic E-state index is 0.440. The van der Waals surface area contributed by atoms with E-state index in [0.717, 1.165) is 0 Å². The third-order valence-corrected chi connectivity index (χ3v) is 2.01. The molecule has 0 radical (unpaired) electrons. The van der Waals surface area contributed by atoms with Crippen LogP contribution in [0, 0.1) is 11.3 Å². The van der Waals surface area contributed by atoms with Crippen LogP contribution in [-0.2, 0) is 0 Å². The van der Waals surface area contributed by atoms with Crippen molar-refractivity contribution < 1.29 is 4.74 Å². The van der Waals surface area contributed by atoms with E-state index in [1.165, 1.54) is 6.20 Å². The first-order chi connectivity index (χ1) is 7.79. The van der Waals surface area contributed by atoms with Gasteiger partial charge in [-0.25, -0.2) is 0 Å². The summed E-state index contributed by atoms with van der Waals surface area (Å²) in [7, 11) is 0. The average molecular weight is 211 g/mol. The molecule has 0 atom stereocenters. The van der Waals surface area contributed by atoms with Crippen molar-refractivity contribution in [2.75, 3.05) is 5.73 Å². The molecule has 16 heavy (non-hydrogen) atoms. The number of hydrogen-bond donors (Lipinski definition) is 1. The Morgan fingerprint density at radius 3 is 2.62 bits per heavy atom. The Labute approximate surface area is 92.9 Å². The molecule has 1 heterocycles. The van der Waals surface area contributed by atoms with E-state index >= 15 is 0 Å². The Kier molecular flexibility index (Phi) is 2.70. The van der Waals surface area contributed by atoms with Gasteiger partial charge in [0.2, 0.25) is 0 Å². The molecule has 2 N–H and O–H groups in total. The lowest BCUT2D eigenvalue weighted by Crippen LogP contribution is -1.90. The summed E-state index contributed by atoms with van der Waals surface area (Å²) in [6.07, 6.45) is 3.06. The number of hydrogen-bond acceptors (Lipinski definition) is 4. The van der Waals surface area contributed by atoms with Crippen molar-refractivity contribution >= 4 is 5.69 Å². The Bertz CT molecular complexity index is 529. The van der Waals surface area contributed by atoms with Gasteiger partial charge in [-0.15, -0.1) is 0 Å². The van der Waals surface area contributed by atoms with Crippen LogP contribution in [0.5, 0.6) is 11.5 Å². The van der Waals surface area contributed by atoms with Crippen molar-refractivity contribution in [1.29, 1.82) is 5.26 Å². The van der Waals surface area contributed by atoms with E-state index in [4.69, 9.17) is 15.7 Å². The molecule has 0 unspecified atom stereocenters. The van der Waals surface area contributed by atoms with E-state index in [2.05, 4.69) is 4.98 Å². The lowest BCUT2D eigenvalue weighted by Gasteiger charge is -2.06. The Hall–Kier alpha value is -2.54. The maximum Gasteiger partial charge on any atom is 0.163 e. The molecule has 0 saturated carbocycles. The van der Waals surface area contributed by atoms with E-state index in [1.807, 2.05) is 6.07 Å². The first-order valence-electron chi connectivity index (χ1n) is 4.67. The Morgan fingerprint density at radius 1 is 1.19 bits per heavy atom. The van der Waals surface area contributed by atoms with Crippen LogP contribution in [0.1, 0.15) is 5.56 Å². The standard InChI is InChI=1S/C12H9N3O/c13-7-9-5-6-15-8-12(9)16-11-3-1-10(14)2-4-11/h1-6,8H,14H2. The highest BCUT2D eigenvalue weighted by molar-refractivity contribution is 5.46. The van der Waals surface area contributed by atoms with Crippen LogP contribution in [-0.4, -0.2) is 4.98 Å². The third-order valence-electron chi connectivity index (χ3n) is 2.01. The molecule has 0 spiro atoms. The lowest BCUT2D eigenvalue weighted by molar-refractivity contribution is 0.479. The fraction of sp³-hybridized carbons (Fsp3) is 0. The van der Waals surface area contributed by atoms with Gasteiger partial charge in [-0.1, -0.05) is 0 Å². The normalized spacial score (nSPS) is 9.44. The number of pyridine rings is 1. The van der Waals surface area contributed by atoms with E-state index in [0.29, 0.717) is 22.7 Å². The zero-order valence-electron chi connectivity index (χ0n) is 8.42. The van der Waals surface area contributed by atoms with Gasteiger partial charge < -0.3 is 10.5 Å². The monoisotopic (exact) mass is 211 g/mol. The molecule has 0 aliphatic carbocycles. The molecule has 0 fully saturated rings. The molecule has 0 saturated heterocycles. The van der Waals surface area contributed by atoms with Crippen LogP contribution in [0.25, 0.3) is 0 Å². The molecular formula is C12H9N3O. The van der Waals surface area contributed by atoms with Gasteiger partial charge in [0.15, 0.2) is 5.75 Å². The predicted molar refractivity (Wildman–Crippen MR) is 59.9 cm³/mol. The van der Waals surface area contributed by atoms with Gasteiger partial charge in [0, 0.05) is 11.9 Å². The summed E-state index contributed by atoms with van der Waals surface area (Å²) < 4.78 is 5.51. The van der Waals surface area contributed by atoms with Crippen molar-refractivity contribution in [2.45, 2.75) is 0 Å². The number of anilines is 1. The number of benzene rings is 1. The van der Waals surface area contributed by atoms with E-state index in [9.17, 15) is 0 Å². The van der Waals surface area contributed by atoms with Gasteiger partial charge in [-0.2, -0.15) is 5.26 Å². The molecule has 2 aromatic rings. The van der Waals surface area contributed by atoms with Gasteiger partial charge in [-0.05, 0) is 30.3 Å². The van der Waals surface area contributed by atoms with Crippen LogP contribution in [0.3, 0.4) is 0 Å². The Morgan fingerprint density at radius 2 is 1.94 bits per heavy atom. The minimum atomic E-state index is 0.440. The molecule has 0 bridgehead atoms. The zero-order valence-corrected chi connectivity index (χ0v) is 8.42. The zero-order chi connectivity index (χ0) is 11.4. The molecule has 1 aromatic heterocycles. The first-order valence-corrected chi connectivity index (χ1v) is 4.67. The number of nitrogens with two attached hydrogens (primary N) is 1. The van der Waals surface area contributed by atoms with E-state index in [-0.39, 0.29) is 0 Å². The maximum atomic E-state index is 8.86. The summed E-state index contributed by atoms with van der Waals surface area (Å²) in [6.45, 7) is 0. The van der Waals surface area contributed by atoms with Crippen molar-refractivity contribution in [3.8, 4) is 17.6 Å². The highest BCUT2D eigenvalue weighted by atomic mass is 16.5. The summed E-state index contributed by atoms with van der Waals surface area (Å²) >= 11 is 0. The fourth-order valence-electron chi connectivity index (χ4n) is 1.22. The fourth-order valence-corrected chi connectivity index (χ4v) is 1.22. The van der Waals surface area contributed by atoms with Crippen LogP contribution in [0.2, 0.25) is 0 Å². The topological polar surface area (TPSA) is 71.9 Å². The van der Waals surface area contributed by atoms with Crippen LogP contribution in [0.15, 0.2) is 42.7 Å². The summed E-state index contributed by atoms with van der Waals surface area (Å²) in [5, 5.41) is 8.86. The summed E-state index contributed by atoms with van der Waals surface area (Å²) in [6, 6.07) is 10.6. The van der Waals surface area contributed by atoms with Crippen molar-refractivity contribution in [3.05, 3.63) is 48.3 Å². The average Bonchev–Trinajstić information content (AvgIpc) is 2.33. The van der Waals surface area contributed by atoms with Crippen LogP contribution >= 0.6 is 0 Å². The van der Waals surface area contributed by atoms with Gasteiger partial charge >= 0.3 is 0 Å². The second kappa shape index (κ2) is 4.32. The molecule has 4 nitrogen and oxygen atoms in total. The van der Waals surface area contributed by atoms with Crippen molar-refractivity contribution in [2.24, 2.45) is 0 Å². The molecule has 2 rings (SSSR count). The number of ether oxygens (including phenoxy) is 1. The number of nitrogens with zero attached hydrogens (tertiary/aromatic N) is 2. The lowest BCUT2D eigenvalue weighted by atomic mass is 10.2. The van der Waals surface area contributed by atoms with E-state index < -0.39 is 0 Å². The largest absolute Gasteiger partial charge is 0.454 e. The van der Waals surface area contributed by atoms with Crippen LogP contribution in [0.4, 0.5) is 5.69 Å². The Balaban J connectivity index is 2.27. The number of rotatable bonds is 2. The molecule has 1 aromatic carbocycles. The summed E-state index contributed by atoms with van der Waals surface area (Å²) in [5.74, 6) is 1.06. The predicted octanol–water partition coefficient (Wildman–Crippen LogP) is 2.33. The molecule has 4 heteroatoms. The SMILES string of the molecule is N#Cc1ccncc1Oc1ccc(N)cc1. The molecule has 78 valence electrons. The second-order valence-corrected chi connectivity index (χ2v) is 3.15. The molecule has 0 amide bonds. The van der Waals surface area contributed by atoms with Crippen LogP contribution < -0.4 is 10.5 Å². The highest BCUT2D eigenvalue weighted by Gasteiger charge is 2.03. The third kappa shape index (κ3) is 2.10.